The van der Waals surface area contributed by atoms with E-state index in [4.69, 9.17) is 17.3 Å². The highest BCUT2D eigenvalue weighted by Gasteiger charge is 2.20. The summed E-state index contributed by atoms with van der Waals surface area (Å²) in [5, 5.41) is 1.41. The number of aromatic nitrogens is 1. The van der Waals surface area contributed by atoms with E-state index in [1.165, 1.54) is 0 Å². The van der Waals surface area contributed by atoms with Crippen molar-refractivity contribution < 1.29 is 4.39 Å². The first-order valence-electron chi connectivity index (χ1n) is 8.50. The van der Waals surface area contributed by atoms with Crippen LogP contribution < -0.4 is 5.73 Å². The van der Waals surface area contributed by atoms with Crippen LogP contribution >= 0.6 is 11.6 Å². The van der Waals surface area contributed by atoms with Crippen molar-refractivity contribution in [2.45, 2.75) is 40.3 Å². The first kappa shape index (κ1) is 18.0. The number of benzene rings is 2. The fourth-order valence-electron chi connectivity index (χ4n) is 3.23. The average molecular weight is 359 g/mol. The van der Waals surface area contributed by atoms with Crippen LogP contribution in [-0.2, 0) is 6.54 Å². The second-order valence-electron chi connectivity index (χ2n) is 7.89. The van der Waals surface area contributed by atoms with Crippen molar-refractivity contribution >= 4 is 22.5 Å². The van der Waals surface area contributed by atoms with E-state index < -0.39 is 0 Å². The molecule has 0 fully saturated rings. The Labute approximate surface area is 153 Å². The molecular weight excluding hydrogens is 335 g/mol. The van der Waals surface area contributed by atoms with Crippen LogP contribution in [-0.4, -0.2) is 4.57 Å². The van der Waals surface area contributed by atoms with Crippen molar-refractivity contribution in [2.75, 3.05) is 0 Å². The molecule has 2 N–H and O–H groups in total. The van der Waals surface area contributed by atoms with Crippen LogP contribution in [0.5, 0.6) is 0 Å². The van der Waals surface area contributed by atoms with Crippen LogP contribution in [0.2, 0.25) is 5.02 Å². The SMILES string of the molecule is C[C@@H](N)c1cn(CC(C)(C)C)c2cc(-c3ccccc3Cl)c(F)cc12. The van der Waals surface area contributed by atoms with Crippen molar-refractivity contribution in [3.8, 4) is 11.1 Å². The van der Waals surface area contributed by atoms with Crippen LogP contribution in [0.25, 0.3) is 22.0 Å². The largest absolute Gasteiger partial charge is 0.347 e. The van der Waals surface area contributed by atoms with Gasteiger partial charge in [0, 0.05) is 45.8 Å². The van der Waals surface area contributed by atoms with Gasteiger partial charge < -0.3 is 10.3 Å². The maximum absolute atomic E-state index is 14.9. The van der Waals surface area contributed by atoms with Gasteiger partial charge >= 0.3 is 0 Å². The minimum Gasteiger partial charge on any atom is -0.347 e. The van der Waals surface area contributed by atoms with E-state index in [0.29, 0.717) is 16.1 Å². The van der Waals surface area contributed by atoms with Crippen LogP contribution in [0.4, 0.5) is 4.39 Å². The highest BCUT2D eigenvalue weighted by molar-refractivity contribution is 6.33. The molecule has 0 saturated carbocycles. The summed E-state index contributed by atoms with van der Waals surface area (Å²) in [6.45, 7) is 9.30. The molecule has 0 bridgehead atoms. The topological polar surface area (TPSA) is 30.9 Å². The Morgan fingerprint density at radius 1 is 1.16 bits per heavy atom. The summed E-state index contributed by atoms with van der Waals surface area (Å²) in [5.41, 5.74) is 9.39. The molecule has 0 aliphatic rings. The molecule has 3 aromatic rings. The second-order valence-corrected chi connectivity index (χ2v) is 8.30. The second kappa shape index (κ2) is 6.47. The van der Waals surface area contributed by atoms with Gasteiger partial charge in [-0.25, -0.2) is 4.39 Å². The van der Waals surface area contributed by atoms with Gasteiger partial charge in [-0.1, -0.05) is 50.6 Å². The molecule has 2 aromatic carbocycles. The van der Waals surface area contributed by atoms with Crippen molar-refractivity contribution in [1.82, 2.24) is 4.57 Å². The van der Waals surface area contributed by atoms with Gasteiger partial charge in [0.1, 0.15) is 5.82 Å². The first-order valence-corrected chi connectivity index (χ1v) is 8.88. The molecule has 0 radical (unpaired) electrons. The van der Waals surface area contributed by atoms with Crippen molar-refractivity contribution in [2.24, 2.45) is 11.1 Å². The smallest absolute Gasteiger partial charge is 0.131 e. The Balaban J connectivity index is 2.28. The average Bonchev–Trinajstić information content (AvgIpc) is 2.83. The summed E-state index contributed by atoms with van der Waals surface area (Å²) >= 11 is 6.29. The van der Waals surface area contributed by atoms with E-state index in [0.717, 1.165) is 23.0 Å². The van der Waals surface area contributed by atoms with E-state index in [1.807, 2.05) is 31.2 Å². The number of rotatable bonds is 3. The number of hydrogen-bond acceptors (Lipinski definition) is 1. The van der Waals surface area contributed by atoms with E-state index >= 15 is 0 Å². The summed E-state index contributed by atoms with van der Waals surface area (Å²) < 4.78 is 17.0. The molecule has 3 rings (SSSR count). The molecule has 1 atom stereocenters. The predicted molar refractivity (Wildman–Crippen MR) is 104 cm³/mol. The van der Waals surface area contributed by atoms with Gasteiger partial charge in [-0.2, -0.15) is 0 Å². The maximum atomic E-state index is 14.9. The van der Waals surface area contributed by atoms with E-state index in [1.54, 1.807) is 12.1 Å². The Morgan fingerprint density at radius 3 is 2.44 bits per heavy atom. The molecule has 0 saturated heterocycles. The quantitative estimate of drug-likeness (QED) is 0.596. The molecule has 1 heterocycles. The van der Waals surface area contributed by atoms with Gasteiger partial charge in [0.2, 0.25) is 0 Å². The Morgan fingerprint density at radius 2 is 1.84 bits per heavy atom. The summed E-state index contributed by atoms with van der Waals surface area (Å²) in [4.78, 5) is 0. The summed E-state index contributed by atoms with van der Waals surface area (Å²) in [6.07, 6.45) is 2.05. The van der Waals surface area contributed by atoms with Crippen molar-refractivity contribution in [3.63, 3.8) is 0 Å². The molecule has 4 heteroatoms. The third kappa shape index (κ3) is 3.58. The van der Waals surface area contributed by atoms with Crippen LogP contribution in [0.15, 0.2) is 42.6 Å². The molecule has 132 valence electrons. The lowest BCUT2D eigenvalue weighted by molar-refractivity contribution is 0.349. The van der Waals surface area contributed by atoms with Gasteiger partial charge in [-0.3, -0.25) is 0 Å². The summed E-state index contributed by atoms with van der Waals surface area (Å²) in [5.74, 6) is -0.281. The molecule has 0 unspecified atom stereocenters. The fraction of sp³-hybridized carbons (Fsp3) is 0.333. The third-order valence-corrected chi connectivity index (χ3v) is 4.63. The lowest BCUT2D eigenvalue weighted by Gasteiger charge is -2.20. The Hall–Kier alpha value is -1.84. The minimum atomic E-state index is -0.281. The summed E-state index contributed by atoms with van der Waals surface area (Å²) in [6, 6.07) is 10.7. The number of fused-ring (bicyclic) bond motifs is 1. The fourth-order valence-corrected chi connectivity index (χ4v) is 3.47. The number of hydrogen-bond donors (Lipinski definition) is 1. The number of nitrogens with two attached hydrogens (primary N) is 1. The zero-order valence-electron chi connectivity index (χ0n) is 15.1. The van der Waals surface area contributed by atoms with Crippen molar-refractivity contribution in [1.29, 1.82) is 0 Å². The van der Waals surface area contributed by atoms with E-state index in [9.17, 15) is 4.39 Å². The van der Waals surface area contributed by atoms with Gasteiger partial charge in [0.15, 0.2) is 0 Å². The van der Waals surface area contributed by atoms with Gasteiger partial charge in [-0.15, -0.1) is 0 Å². The zero-order valence-corrected chi connectivity index (χ0v) is 15.9. The van der Waals surface area contributed by atoms with Gasteiger partial charge in [-0.05, 0) is 36.1 Å². The Kier molecular flexibility index (Phi) is 4.65. The monoisotopic (exact) mass is 358 g/mol. The highest BCUT2D eigenvalue weighted by Crippen LogP contribution is 2.36. The van der Waals surface area contributed by atoms with E-state index in [2.05, 4.69) is 31.5 Å². The lowest BCUT2D eigenvalue weighted by atomic mass is 9.96. The molecule has 1 aromatic heterocycles. The Bertz CT molecular complexity index is 920. The molecule has 25 heavy (non-hydrogen) atoms. The highest BCUT2D eigenvalue weighted by atomic mass is 35.5. The van der Waals surface area contributed by atoms with Crippen molar-refractivity contribution in [3.05, 3.63) is 59.0 Å². The number of halogens is 2. The first-order chi connectivity index (χ1) is 11.7. The summed E-state index contributed by atoms with van der Waals surface area (Å²) in [7, 11) is 0. The lowest BCUT2D eigenvalue weighted by Crippen LogP contribution is -2.14. The minimum absolute atomic E-state index is 0.0972. The normalized spacial score (nSPS) is 13.4. The molecule has 0 amide bonds. The van der Waals surface area contributed by atoms with Crippen LogP contribution in [0.1, 0.15) is 39.3 Å². The standard InChI is InChI=1S/C21H24ClFN2/c1-13(24)17-11-25(12-21(2,3)4)20-10-15(19(23)9-16(17)20)14-7-5-6-8-18(14)22/h5-11,13H,12,24H2,1-4H3/t13-/m1/s1. The zero-order chi connectivity index (χ0) is 18.4. The van der Waals surface area contributed by atoms with Gasteiger partial charge in [0.05, 0.1) is 0 Å². The number of nitrogens with zero attached hydrogens (tertiary/aromatic N) is 1. The van der Waals surface area contributed by atoms with Gasteiger partial charge in [0.25, 0.3) is 0 Å². The van der Waals surface area contributed by atoms with Crippen LogP contribution in [0.3, 0.4) is 0 Å². The molecular formula is C21H24ClFN2. The van der Waals surface area contributed by atoms with Crippen LogP contribution in [0, 0.1) is 11.2 Å². The molecule has 0 aliphatic carbocycles. The molecule has 0 aliphatic heterocycles. The van der Waals surface area contributed by atoms with E-state index in [-0.39, 0.29) is 17.3 Å². The predicted octanol–water partition coefficient (Wildman–Crippen LogP) is 6.17. The third-order valence-electron chi connectivity index (χ3n) is 4.30. The molecule has 0 spiro atoms. The maximum Gasteiger partial charge on any atom is 0.131 e. The molecule has 2 nitrogen and oxygen atoms in total.